The molecule has 0 heterocycles. The average Bonchev–Trinajstić information content (AvgIpc) is 2.44. The molecule has 4 aliphatic carbocycles. The fourth-order valence-corrected chi connectivity index (χ4v) is 6.07. The smallest absolute Gasteiger partial charge is 0.221 e. The molecule has 4 bridgehead atoms. The maximum Gasteiger partial charge on any atom is 0.221 e. The van der Waals surface area contributed by atoms with Crippen molar-refractivity contribution >= 4 is 5.91 Å². The highest BCUT2D eigenvalue weighted by Crippen LogP contribution is 2.62. The molecule has 1 amide bonds. The van der Waals surface area contributed by atoms with E-state index in [9.17, 15) is 9.90 Å². The Morgan fingerprint density at radius 3 is 2.48 bits per heavy atom. The van der Waals surface area contributed by atoms with Crippen LogP contribution in [0.1, 0.15) is 63.5 Å². The maximum atomic E-state index is 12.6. The molecule has 4 aliphatic rings. The van der Waals surface area contributed by atoms with Crippen molar-refractivity contribution in [1.82, 2.24) is 5.32 Å². The first-order chi connectivity index (χ1) is 11.0. The maximum absolute atomic E-state index is 12.6. The zero-order valence-electron chi connectivity index (χ0n) is 13.9. The summed E-state index contributed by atoms with van der Waals surface area (Å²) >= 11 is 0. The first kappa shape index (κ1) is 15.2. The number of rotatable bonds is 4. The van der Waals surface area contributed by atoms with Gasteiger partial charge in [0.1, 0.15) is 0 Å². The molecule has 5 rings (SSSR count). The SMILES string of the molecule is C[C@H](NC(=O)CC12C[C@@H]3C[C@@H](CC(O)(C3)C1)C2)c1ccccc1. The summed E-state index contributed by atoms with van der Waals surface area (Å²) in [4.78, 5) is 12.6. The van der Waals surface area contributed by atoms with E-state index in [-0.39, 0.29) is 17.4 Å². The second-order valence-electron chi connectivity index (χ2n) is 8.56. The molecule has 124 valence electrons. The Kier molecular flexibility index (Phi) is 3.53. The van der Waals surface area contributed by atoms with Gasteiger partial charge in [-0.2, -0.15) is 0 Å². The highest BCUT2D eigenvalue weighted by molar-refractivity contribution is 5.77. The number of hydrogen-bond donors (Lipinski definition) is 2. The van der Waals surface area contributed by atoms with E-state index >= 15 is 0 Å². The van der Waals surface area contributed by atoms with Crippen molar-refractivity contribution in [1.29, 1.82) is 0 Å². The van der Waals surface area contributed by atoms with Crippen LogP contribution in [0.5, 0.6) is 0 Å². The topological polar surface area (TPSA) is 49.3 Å². The molecular formula is C20H27NO2. The summed E-state index contributed by atoms with van der Waals surface area (Å²) in [5.41, 5.74) is 0.722. The Hall–Kier alpha value is -1.35. The van der Waals surface area contributed by atoms with E-state index in [1.807, 2.05) is 25.1 Å². The molecule has 1 aromatic rings. The standard InChI is InChI=1S/C20H27NO2/c1-14(17-5-3-2-4-6-17)21-18(22)12-19-8-15-7-16(9-19)11-20(23,10-15)13-19/h2-6,14-16,23H,7-13H2,1H3,(H,21,22)/t14-,15-,16+,19?,20?/m0/s1. The minimum atomic E-state index is -0.477. The van der Waals surface area contributed by atoms with Gasteiger partial charge in [0.2, 0.25) is 5.91 Å². The molecule has 3 heteroatoms. The summed E-state index contributed by atoms with van der Waals surface area (Å²) in [6.45, 7) is 2.04. The summed E-state index contributed by atoms with van der Waals surface area (Å²) < 4.78 is 0. The van der Waals surface area contributed by atoms with Crippen molar-refractivity contribution in [3.8, 4) is 0 Å². The summed E-state index contributed by atoms with van der Waals surface area (Å²) in [5.74, 6) is 1.42. The Morgan fingerprint density at radius 2 is 1.87 bits per heavy atom. The number of nitrogens with one attached hydrogen (secondary N) is 1. The Morgan fingerprint density at radius 1 is 1.22 bits per heavy atom. The lowest BCUT2D eigenvalue weighted by Crippen LogP contribution is -2.56. The van der Waals surface area contributed by atoms with Crippen molar-refractivity contribution in [3.63, 3.8) is 0 Å². The van der Waals surface area contributed by atoms with Gasteiger partial charge in [0, 0.05) is 6.42 Å². The molecule has 4 saturated carbocycles. The van der Waals surface area contributed by atoms with E-state index in [1.54, 1.807) is 0 Å². The van der Waals surface area contributed by atoms with Crippen molar-refractivity contribution < 1.29 is 9.90 Å². The third-order valence-electron chi connectivity index (χ3n) is 6.36. The lowest BCUT2D eigenvalue weighted by molar-refractivity contribution is -0.169. The van der Waals surface area contributed by atoms with Crippen LogP contribution in [-0.2, 0) is 4.79 Å². The number of amides is 1. The Labute approximate surface area is 138 Å². The molecule has 4 fully saturated rings. The molecule has 0 radical (unpaired) electrons. The molecule has 23 heavy (non-hydrogen) atoms. The molecule has 0 aromatic heterocycles. The zero-order valence-corrected chi connectivity index (χ0v) is 13.9. The number of benzene rings is 1. The van der Waals surface area contributed by atoms with Gasteiger partial charge in [0.05, 0.1) is 11.6 Å². The zero-order chi connectivity index (χ0) is 16.1. The van der Waals surface area contributed by atoms with Crippen LogP contribution in [-0.4, -0.2) is 16.6 Å². The lowest BCUT2D eigenvalue weighted by atomic mass is 9.47. The number of aliphatic hydroxyl groups is 1. The quantitative estimate of drug-likeness (QED) is 0.892. The predicted octanol–water partition coefficient (Wildman–Crippen LogP) is 3.59. The second-order valence-corrected chi connectivity index (χ2v) is 8.56. The van der Waals surface area contributed by atoms with Crippen LogP contribution in [0.15, 0.2) is 30.3 Å². The lowest BCUT2D eigenvalue weighted by Gasteiger charge is -2.60. The summed E-state index contributed by atoms with van der Waals surface area (Å²) in [5, 5.41) is 14.0. The molecule has 1 aromatic carbocycles. The van der Waals surface area contributed by atoms with Crippen molar-refractivity contribution in [2.45, 2.75) is 63.5 Å². The number of carbonyl (C=O) groups is 1. The van der Waals surface area contributed by atoms with Crippen LogP contribution in [0.2, 0.25) is 0 Å². The normalized spacial score (nSPS) is 39.2. The van der Waals surface area contributed by atoms with Gasteiger partial charge >= 0.3 is 0 Å². The van der Waals surface area contributed by atoms with Crippen LogP contribution >= 0.6 is 0 Å². The van der Waals surface area contributed by atoms with Gasteiger partial charge in [0.25, 0.3) is 0 Å². The fourth-order valence-electron chi connectivity index (χ4n) is 6.07. The van der Waals surface area contributed by atoms with E-state index < -0.39 is 5.60 Å². The highest BCUT2D eigenvalue weighted by atomic mass is 16.3. The second kappa shape index (κ2) is 5.34. The fraction of sp³-hybridized carbons (Fsp3) is 0.650. The predicted molar refractivity (Wildman–Crippen MR) is 89.7 cm³/mol. The van der Waals surface area contributed by atoms with Crippen molar-refractivity contribution in [2.75, 3.05) is 0 Å². The van der Waals surface area contributed by atoms with Crippen LogP contribution in [0.3, 0.4) is 0 Å². The molecule has 5 atom stereocenters. The summed E-state index contributed by atoms with van der Waals surface area (Å²) in [7, 11) is 0. The number of hydrogen-bond acceptors (Lipinski definition) is 2. The van der Waals surface area contributed by atoms with E-state index in [0.29, 0.717) is 18.3 Å². The van der Waals surface area contributed by atoms with E-state index in [0.717, 1.165) is 37.7 Å². The molecule has 2 unspecified atom stereocenters. The van der Waals surface area contributed by atoms with Gasteiger partial charge in [-0.1, -0.05) is 30.3 Å². The molecule has 0 saturated heterocycles. The summed E-state index contributed by atoms with van der Waals surface area (Å²) in [6, 6.07) is 10.2. The molecule has 0 spiro atoms. The monoisotopic (exact) mass is 313 g/mol. The number of carbonyl (C=O) groups excluding carboxylic acids is 1. The largest absolute Gasteiger partial charge is 0.390 e. The van der Waals surface area contributed by atoms with Crippen molar-refractivity contribution in [2.24, 2.45) is 17.3 Å². The third-order valence-corrected chi connectivity index (χ3v) is 6.36. The van der Waals surface area contributed by atoms with Crippen LogP contribution < -0.4 is 5.32 Å². The van der Waals surface area contributed by atoms with Gasteiger partial charge < -0.3 is 10.4 Å². The van der Waals surface area contributed by atoms with Gasteiger partial charge in [-0.05, 0) is 68.3 Å². The first-order valence-corrected chi connectivity index (χ1v) is 9.02. The minimum Gasteiger partial charge on any atom is -0.390 e. The van der Waals surface area contributed by atoms with Crippen LogP contribution in [0.25, 0.3) is 0 Å². The van der Waals surface area contributed by atoms with Crippen LogP contribution in [0, 0.1) is 17.3 Å². The molecule has 3 nitrogen and oxygen atoms in total. The van der Waals surface area contributed by atoms with Crippen LogP contribution in [0.4, 0.5) is 0 Å². The van der Waals surface area contributed by atoms with E-state index in [4.69, 9.17) is 0 Å². The third kappa shape index (κ3) is 2.91. The van der Waals surface area contributed by atoms with Gasteiger partial charge in [-0.3, -0.25) is 4.79 Å². The Balaban J connectivity index is 1.43. The summed E-state index contributed by atoms with van der Waals surface area (Å²) in [6.07, 6.45) is 6.89. The van der Waals surface area contributed by atoms with Gasteiger partial charge in [-0.25, -0.2) is 0 Å². The van der Waals surface area contributed by atoms with E-state index in [1.165, 1.54) is 6.42 Å². The van der Waals surface area contributed by atoms with Crippen molar-refractivity contribution in [3.05, 3.63) is 35.9 Å². The molecular weight excluding hydrogens is 286 g/mol. The molecule has 2 N–H and O–H groups in total. The molecule has 0 aliphatic heterocycles. The van der Waals surface area contributed by atoms with Gasteiger partial charge in [-0.15, -0.1) is 0 Å². The van der Waals surface area contributed by atoms with E-state index in [2.05, 4.69) is 17.4 Å². The first-order valence-electron chi connectivity index (χ1n) is 9.02. The minimum absolute atomic E-state index is 0.0423. The average molecular weight is 313 g/mol. The van der Waals surface area contributed by atoms with Gasteiger partial charge in [0.15, 0.2) is 0 Å². The Bertz CT molecular complexity index is 583. The highest BCUT2D eigenvalue weighted by Gasteiger charge is 2.57.